The first-order chi connectivity index (χ1) is 13.0. The number of halogens is 1. The molecule has 0 amide bonds. The molecule has 7 nitrogen and oxygen atoms in total. The second-order valence-electron chi connectivity index (χ2n) is 7.10. The fourth-order valence-corrected chi connectivity index (χ4v) is 3.80. The second-order valence-corrected chi connectivity index (χ2v) is 7.91. The van der Waals surface area contributed by atoms with Crippen molar-refractivity contribution < 1.29 is 9.47 Å². The summed E-state index contributed by atoms with van der Waals surface area (Å²) in [4.78, 5) is 11.2. The highest BCUT2D eigenvalue weighted by Crippen LogP contribution is 2.37. The van der Waals surface area contributed by atoms with Gasteiger partial charge in [-0.3, -0.25) is 0 Å². The molecular weight excluding hydrogens is 410 g/mol. The standard InChI is InChI=1S/C19H22BrN5O2/c1-19(2)12-27-9-8-25(19)14-5-4-13(10-15(14)26-3)22-17-18-21-6-7-24(18)11-16(20)23-17/h4-7,10-11H,8-9,12H2,1-3H3,(H,22,23). The quantitative estimate of drug-likeness (QED) is 0.676. The third-order valence-corrected chi connectivity index (χ3v) is 5.11. The summed E-state index contributed by atoms with van der Waals surface area (Å²) in [6.45, 7) is 6.59. The zero-order chi connectivity index (χ0) is 19.0. The molecule has 27 heavy (non-hydrogen) atoms. The molecule has 142 valence electrons. The van der Waals surface area contributed by atoms with Crippen LogP contribution in [0.2, 0.25) is 0 Å². The number of imidazole rings is 1. The van der Waals surface area contributed by atoms with Crippen molar-refractivity contribution in [2.75, 3.05) is 37.1 Å². The highest BCUT2D eigenvalue weighted by atomic mass is 79.9. The lowest BCUT2D eigenvalue weighted by Gasteiger charge is -2.44. The fraction of sp³-hybridized carbons (Fsp3) is 0.368. The van der Waals surface area contributed by atoms with Crippen LogP contribution < -0.4 is 15.0 Å². The highest BCUT2D eigenvalue weighted by Gasteiger charge is 2.32. The van der Waals surface area contributed by atoms with Gasteiger partial charge >= 0.3 is 0 Å². The van der Waals surface area contributed by atoms with Crippen molar-refractivity contribution in [2.45, 2.75) is 19.4 Å². The normalized spacial score (nSPS) is 16.5. The molecule has 0 bridgehead atoms. The van der Waals surface area contributed by atoms with Crippen LogP contribution in [0.5, 0.6) is 5.75 Å². The van der Waals surface area contributed by atoms with Crippen LogP contribution in [0.15, 0.2) is 41.4 Å². The Hall–Kier alpha value is -2.32. The van der Waals surface area contributed by atoms with Gasteiger partial charge in [-0.2, -0.15) is 0 Å². The van der Waals surface area contributed by atoms with Crippen LogP contribution in [-0.2, 0) is 4.74 Å². The number of methoxy groups -OCH3 is 1. The Morgan fingerprint density at radius 2 is 2.19 bits per heavy atom. The number of hydrogen-bond donors (Lipinski definition) is 1. The number of benzene rings is 1. The van der Waals surface area contributed by atoms with E-state index >= 15 is 0 Å². The van der Waals surface area contributed by atoms with Crippen LogP contribution >= 0.6 is 15.9 Å². The molecule has 1 aliphatic heterocycles. The number of hydrogen-bond acceptors (Lipinski definition) is 6. The highest BCUT2D eigenvalue weighted by molar-refractivity contribution is 9.10. The average Bonchev–Trinajstić information content (AvgIpc) is 3.10. The Morgan fingerprint density at radius 3 is 2.96 bits per heavy atom. The molecule has 1 aliphatic rings. The number of anilines is 3. The van der Waals surface area contributed by atoms with Gasteiger partial charge in [0.1, 0.15) is 10.4 Å². The van der Waals surface area contributed by atoms with Crippen LogP contribution in [0.1, 0.15) is 13.8 Å². The van der Waals surface area contributed by atoms with Crippen LogP contribution in [0.3, 0.4) is 0 Å². The van der Waals surface area contributed by atoms with Crippen LogP contribution in [0.4, 0.5) is 17.2 Å². The van der Waals surface area contributed by atoms with E-state index in [-0.39, 0.29) is 5.54 Å². The number of nitrogens with one attached hydrogen (secondary N) is 1. The molecule has 2 aromatic heterocycles. The number of ether oxygens (including phenoxy) is 2. The van der Waals surface area contributed by atoms with Gasteiger partial charge in [0.25, 0.3) is 0 Å². The van der Waals surface area contributed by atoms with E-state index in [4.69, 9.17) is 9.47 Å². The predicted octanol–water partition coefficient (Wildman–Crippen LogP) is 3.86. The first-order valence-corrected chi connectivity index (χ1v) is 9.57. The summed E-state index contributed by atoms with van der Waals surface area (Å²) in [5.41, 5.74) is 2.62. The molecule has 0 radical (unpaired) electrons. The summed E-state index contributed by atoms with van der Waals surface area (Å²) in [6.07, 6.45) is 5.51. The number of rotatable bonds is 4. The van der Waals surface area contributed by atoms with Crippen molar-refractivity contribution in [3.8, 4) is 5.75 Å². The average molecular weight is 432 g/mol. The maximum atomic E-state index is 5.69. The molecule has 0 aliphatic carbocycles. The summed E-state index contributed by atoms with van der Waals surface area (Å²) in [5, 5.41) is 3.35. The number of morpholine rings is 1. The molecule has 0 unspecified atom stereocenters. The van der Waals surface area contributed by atoms with Crippen molar-refractivity contribution in [1.82, 2.24) is 14.4 Å². The van der Waals surface area contributed by atoms with E-state index in [0.29, 0.717) is 19.0 Å². The molecular formula is C19H22BrN5O2. The molecule has 1 aromatic carbocycles. The monoisotopic (exact) mass is 431 g/mol. The lowest BCUT2D eigenvalue weighted by Crippen LogP contribution is -2.53. The van der Waals surface area contributed by atoms with E-state index in [1.165, 1.54) is 0 Å². The van der Waals surface area contributed by atoms with Crippen molar-refractivity contribution in [2.24, 2.45) is 0 Å². The van der Waals surface area contributed by atoms with Gasteiger partial charge in [0.05, 0.1) is 31.5 Å². The molecule has 1 saturated heterocycles. The number of nitrogens with zero attached hydrogens (tertiary/aromatic N) is 4. The van der Waals surface area contributed by atoms with Gasteiger partial charge in [0, 0.05) is 36.9 Å². The molecule has 1 fully saturated rings. The summed E-state index contributed by atoms with van der Waals surface area (Å²) >= 11 is 3.44. The van der Waals surface area contributed by atoms with E-state index in [0.717, 1.165) is 33.9 Å². The predicted molar refractivity (Wildman–Crippen MR) is 109 cm³/mol. The third kappa shape index (κ3) is 3.46. The zero-order valence-electron chi connectivity index (χ0n) is 15.6. The van der Waals surface area contributed by atoms with Crippen molar-refractivity contribution in [3.05, 3.63) is 41.4 Å². The van der Waals surface area contributed by atoms with Gasteiger partial charge in [-0.1, -0.05) is 0 Å². The summed E-state index contributed by atoms with van der Waals surface area (Å²) in [7, 11) is 1.69. The molecule has 4 rings (SSSR count). The smallest absolute Gasteiger partial charge is 0.180 e. The van der Waals surface area contributed by atoms with Crippen LogP contribution in [0, 0.1) is 0 Å². The first kappa shape index (κ1) is 18.1. The van der Waals surface area contributed by atoms with E-state index in [1.54, 1.807) is 13.3 Å². The Balaban J connectivity index is 1.68. The molecule has 3 heterocycles. The SMILES string of the molecule is COc1cc(Nc2nc(Br)cn3ccnc23)ccc1N1CCOCC1(C)C. The molecule has 0 atom stereocenters. The minimum Gasteiger partial charge on any atom is -0.495 e. The molecule has 3 aromatic rings. The minimum atomic E-state index is -0.0890. The topological polar surface area (TPSA) is 63.9 Å². The van der Waals surface area contributed by atoms with Crippen LogP contribution in [-0.4, -0.2) is 46.8 Å². The largest absolute Gasteiger partial charge is 0.495 e. The molecule has 1 N–H and O–H groups in total. The van der Waals surface area contributed by atoms with Gasteiger partial charge in [-0.25, -0.2) is 9.97 Å². The summed E-state index contributed by atoms with van der Waals surface area (Å²) in [6, 6.07) is 6.10. The van der Waals surface area contributed by atoms with E-state index in [2.05, 4.69) is 56.0 Å². The minimum absolute atomic E-state index is 0.0890. The van der Waals surface area contributed by atoms with Crippen molar-refractivity contribution in [3.63, 3.8) is 0 Å². The van der Waals surface area contributed by atoms with E-state index in [9.17, 15) is 0 Å². The van der Waals surface area contributed by atoms with Crippen molar-refractivity contribution >= 4 is 38.8 Å². The lowest BCUT2D eigenvalue weighted by molar-refractivity contribution is 0.0641. The Bertz CT molecular complexity index is 972. The zero-order valence-corrected chi connectivity index (χ0v) is 17.2. The number of aromatic nitrogens is 3. The van der Waals surface area contributed by atoms with Gasteiger partial charge in [-0.15, -0.1) is 0 Å². The first-order valence-electron chi connectivity index (χ1n) is 8.77. The van der Waals surface area contributed by atoms with Gasteiger partial charge in [0.15, 0.2) is 11.5 Å². The Labute approximate surface area is 166 Å². The van der Waals surface area contributed by atoms with Crippen molar-refractivity contribution in [1.29, 1.82) is 0 Å². The summed E-state index contributed by atoms with van der Waals surface area (Å²) in [5.74, 6) is 1.49. The van der Waals surface area contributed by atoms with Gasteiger partial charge in [-0.05, 0) is 41.9 Å². The maximum Gasteiger partial charge on any atom is 0.180 e. The molecule has 0 spiro atoms. The van der Waals surface area contributed by atoms with E-state index in [1.807, 2.05) is 28.9 Å². The lowest BCUT2D eigenvalue weighted by atomic mass is 10.0. The third-order valence-electron chi connectivity index (χ3n) is 4.72. The van der Waals surface area contributed by atoms with Gasteiger partial charge in [0.2, 0.25) is 0 Å². The number of fused-ring (bicyclic) bond motifs is 1. The molecule has 0 saturated carbocycles. The Kier molecular flexibility index (Phi) is 4.69. The summed E-state index contributed by atoms with van der Waals surface area (Å²) < 4.78 is 14.0. The van der Waals surface area contributed by atoms with Gasteiger partial charge < -0.3 is 24.1 Å². The molecule has 8 heteroatoms. The fourth-order valence-electron chi connectivity index (χ4n) is 3.40. The maximum absolute atomic E-state index is 5.69. The second kappa shape index (κ2) is 7.01. The van der Waals surface area contributed by atoms with Crippen LogP contribution in [0.25, 0.3) is 5.65 Å². The Morgan fingerprint density at radius 1 is 1.33 bits per heavy atom. The van der Waals surface area contributed by atoms with E-state index < -0.39 is 0 Å².